The zero-order chi connectivity index (χ0) is 15.4. The zero-order valence-corrected chi connectivity index (χ0v) is 11.2. The predicted octanol–water partition coefficient (Wildman–Crippen LogP) is 1.60. The summed E-state index contributed by atoms with van der Waals surface area (Å²) in [5.74, 6) is -0.476. The van der Waals surface area contributed by atoms with Crippen LogP contribution >= 0.6 is 0 Å². The molecule has 0 aliphatic rings. The van der Waals surface area contributed by atoms with E-state index in [2.05, 4.69) is 25.4 Å². The second-order valence-electron chi connectivity index (χ2n) is 4.28. The second kappa shape index (κ2) is 6.08. The predicted molar refractivity (Wildman–Crippen MR) is 72.9 cm³/mol. The van der Waals surface area contributed by atoms with E-state index in [9.17, 15) is 9.18 Å². The maximum Gasteiger partial charge on any atom is 0.253 e. The number of amides is 1. The molecule has 7 nitrogen and oxygen atoms in total. The Morgan fingerprint density at radius 3 is 2.86 bits per heavy atom. The van der Waals surface area contributed by atoms with Crippen LogP contribution in [-0.2, 0) is 6.54 Å². The standard InChI is InChI=1S/C14H10FN5O2/c15-11-5-4-9(7-17-11)14(21)18-8-12-19-13(20-22-12)10-3-1-2-6-16-10/h1-7H,8H2,(H,18,21). The third-order valence-electron chi connectivity index (χ3n) is 2.75. The highest BCUT2D eigenvalue weighted by Gasteiger charge is 2.11. The average molecular weight is 299 g/mol. The largest absolute Gasteiger partial charge is 0.343 e. The molecule has 3 aromatic heterocycles. The Morgan fingerprint density at radius 1 is 1.23 bits per heavy atom. The Bertz CT molecular complexity index is 773. The zero-order valence-electron chi connectivity index (χ0n) is 11.2. The lowest BCUT2D eigenvalue weighted by molar-refractivity contribution is 0.0946. The van der Waals surface area contributed by atoms with Gasteiger partial charge in [-0.2, -0.15) is 9.37 Å². The fourth-order valence-electron chi connectivity index (χ4n) is 1.69. The van der Waals surface area contributed by atoms with Gasteiger partial charge in [-0.3, -0.25) is 9.78 Å². The SMILES string of the molecule is O=C(NCc1nc(-c2ccccn2)no1)c1ccc(F)nc1. The summed E-state index contributed by atoms with van der Waals surface area (Å²) in [5, 5.41) is 6.37. The van der Waals surface area contributed by atoms with Gasteiger partial charge in [0.25, 0.3) is 5.91 Å². The summed E-state index contributed by atoms with van der Waals surface area (Å²) in [6, 6.07) is 7.78. The molecule has 3 heterocycles. The molecule has 22 heavy (non-hydrogen) atoms. The summed E-state index contributed by atoms with van der Waals surface area (Å²) in [5.41, 5.74) is 0.817. The molecule has 0 aliphatic carbocycles. The minimum Gasteiger partial charge on any atom is -0.343 e. The first-order chi connectivity index (χ1) is 10.7. The summed E-state index contributed by atoms with van der Waals surface area (Å²) in [7, 11) is 0. The molecule has 3 rings (SSSR count). The Labute approximate surface area is 124 Å². The molecule has 0 aromatic carbocycles. The van der Waals surface area contributed by atoms with E-state index in [0.717, 1.165) is 12.3 Å². The van der Waals surface area contributed by atoms with E-state index >= 15 is 0 Å². The minimum absolute atomic E-state index is 0.0516. The fraction of sp³-hybridized carbons (Fsp3) is 0.0714. The van der Waals surface area contributed by atoms with Crippen LogP contribution in [0.5, 0.6) is 0 Å². The van der Waals surface area contributed by atoms with E-state index in [1.165, 1.54) is 6.07 Å². The van der Waals surface area contributed by atoms with Crippen molar-refractivity contribution in [1.29, 1.82) is 0 Å². The van der Waals surface area contributed by atoms with Crippen molar-refractivity contribution in [2.24, 2.45) is 0 Å². The molecule has 0 atom stereocenters. The lowest BCUT2D eigenvalue weighted by atomic mass is 10.2. The van der Waals surface area contributed by atoms with Gasteiger partial charge in [0, 0.05) is 12.4 Å². The van der Waals surface area contributed by atoms with E-state index in [1.54, 1.807) is 18.3 Å². The van der Waals surface area contributed by atoms with E-state index < -0.39 is 11.9 Å². The molecule has 1 N–H and O–H groups in total. The molecule has 0 aliphatic heterocycles. The molecule has 3 aromatic rings. The molecule has 8 heteroatoms. The lowest BCUT2D eigenvalue weighted by Crippen LogP contribution is -2.23. The van der Waals surface area contributed by atoms with Gasteiger partial charge in [0.15, 0.2) is 0 Å². The highest BCUT2D eigenvalue weighted by molar-refractivity contribution is 5.93. The van der Waals surface area contributed by atoms with Crippen molar-refractivity contribution in [1.82, 2.24) is 25.4 Å². The number of hydrogen-bond donors (Lipinski definition) is 1. The third-order valence-corrected chi connectivity index (χ3v) is 2.75. The number of aromatic nitrogens is 4. The summed E-state index contributed by atoms with van der Waals surface area (Å²) in [4.78, 5) is 23.5. The molecular weight excluding hydrogens is 289 g/mol. The minimum atomic E-state index is -0.645. The number of nitrogens with zero attached hydrogens (tertiary/aromatic N) is 4. The van der Waals surface area contributed by atoms with Gasteiger partial charge < -0.3 is 9.84 Å². The van der Waals surface area contributed by atoms with Gasteiger partial charge >= 0.3 is 0 Å². The fourth-order valence-corrected chi connectivity index (χ4v) is 1.69. The van der Waals surface area contributed by atoms with Gasteiger partial charge in [-0.15, -0.1) is 0 Å². The number of carbonyl (C=O) groups excluding carboxylic acids is 1. The van der Waals surface area contributed by atoms with Gasteiger partial charge in [0.2, 0.25) is 17.7 Å². The van der Waals surface area contributed by atoms with E-state index in [-0.39, 0.29) is 18.0 Å². The molecule has 0 radical (unpaired) electrons. The van der Waals surface area contributed by atoms with Crippen molar-refractivity contribution < 1.29 is 13.7 Å². The first-order valence-electron chi connectivity index (χ1n) is 6.36. The smallest absolute Gasteiger partial charge is 0.253 e. The van der Waals surface area contributed by atoms with Crippen molar-refractivity contribution in [2.45, 2.75) is 6.54 Å². The number of halogens is 1. The average Bonchev–Trinajstić information content (AvgIpc) is 3.03. The number of carbonyl (C=O) groups is 1. The number of hydrogen-bond acceptors (Lipinski definition) is 6. The van der Waals surface area contributed by atoms with Gasteiger partial charge in [-0.1, -0.05) is 11.2 Å². The van der Waals surface area contributed by atoms with Crippen LogP contribution < -0.4 is 5.32 Å². The van der Waals surface area contributed by atoms with Crippen molar-refractivity contribution in [3.63, 3.8) is 0 Å². The van der Waals surface area contributed by atoms with Crippen LogP contribution in [-0.4, -0.2) is 26.0 Å². The highest BCUT2D eigenvalue weighted by Crippen LogP contribution is 2.11. The van der Waals surface area contributed by atoms with Crippen LogP contribution in [0.1, 0.15) is 16.2 Å². The molecule has 0 saturated carbocycles. The van der Waals surface area contributed by atoms with Crippen LogP contribution in [0, 0.1) is 5.95 Å². The van der Waals surface area contributed by atoms with Gasteiger partial charge in [-0.05, 0) is 24.3 Å². The molecule has 0 saturated heterocycles. The normalized spacial score (nSPS) is 10.4. The Balaban J connectivity index is 1.64. The second-order valence-corrected chi connectivity index (χ2v) is 4.28. The summed E-state index contributed by atoms with van der Waals surface area (Å²) in [6.45, 7) is 0.0516. The molecule has 1 amide bonds. The van der Waals surface area contributed by atoms with Crippen LogP contribution in [0.4, 0.5) is 4.39 Å². The van der Waals surface area contributed by atoms with Gasteiger partial charge in [0.1, 0.15) is 5.69 Å². The Kier molecular flexibility index (Phi) is 3.82. The Hall–Kier alpha value is -3.16. The maximum atomic E-state index is 12.7. The van der Waals surface area contributed by atoms with E-state index in [1.807, 2.05) is 6.07 Å². The van der Waals surface area contributed by atoms with Crippen LogP contribution in [0.25, 0.3) is 11.5 Å². The van der Waals surface area contributed by atoms with E-state index in [0.29, 0.717) is 11.5 Å². The molecule has 0 spiro atoms. The third kappa shape index (κ3) is 3.11. The quantitative estimate of drug-likeness (QED) is 0.735. The highest BCUT2D eigenvalue weighted by atomic mass is 19.1. The topological polar surface area (TPSA) is 93.8 Å². The van der Waals surface area contributed by atoms with Crippen molar-refractivity contribution >= 4 is 5.91 Å². The van der Waals surface area contributed by atoms with Crippen LogP contribution in [0.3, 0.4) is 0 Å². The number of nitrogens with one attached hydrogen (secondary N) is 1. The molecule has 0 bridgehead atoms. The van der Waals surface area contributed by atoms with Crippen LogP contribution in [0.15, 0.2) is 47.2 Å². The summed E-state index contributed by atoms with van der Waals surface area (Å²) in [6.07, 6.45) is 2.77. The van der Waals surface area contributed by atoms with Gasteiger partial charge in [0.05, 0.1) is 12.1 Å². The molecule has 0 unspecified atom stereocenters. The van der Waals surface area contributed by atoms with E-state index in [4.69, 9.17) is 4.52 Å². The molecule has 0 fully saturated rings. The van der Waals surface area contributed by atoms with Crippen LogP contribution in [0.2, 0.25) is 0 Å². The van der Waals surface area contributed by atoms with Gasteiger partial charge in [-0.25, -0.2) is 4.98 Å². The van der Waals surface area contributed by atoms with Crippen molar-refractivity contribution in [2.75, 3.05) is 0 Å². The lowest BCUT2D eigenvalue weighted by Gasteiger charge is -2.01. The van der Waals surface area contributed by atoms with Crippen molar-refractivity contribution in [3.8, 4) is 11.5 Å². The Morgan fingerprint density at radius 2 is 2.14 bits per heavy atom. The summed E-state index contributed by atoms with van der Waals surface area (Å²) < 4.78 is 17.7. The monoisotopic (exact) mass is 299 g/mol. The first kappa shape index (κ1) is 13.8. The number of pyridine rings is 2. The maximum absolute atomic E-state index is 12.7. The first-order valence-corrected chi connectivity index (χ1v) is 6.36. The summed E-state index contributed by atoms with van der Waals surface area (Å²) >= 11 is 0. The molecular formula is C14H10FN5O2. The van der Waals surface area contributed by atoms with Crippen molar-refractivity contribution in [3.05, 3.63) is 60.1 Å². The molecule has 110 valence electrons. The number of rotatable bonds is 4.